The fourth-order valence-electron chi connectivity index (χ4n) is 6.59. The van der Waals surface area contributed by atoms with Gasteiger partial charge in [-0.15, -0.1) is 0 Å². The van der Waals surface area contributed by atoms with Gasteiger partial charge in [-0.3, -0.25) is 19.4 Å². The van der Waals surface area contributed by atoms with Crippen LogP contribution in [0.25, 0.3) is 11.0 Å². The Balaban J connectivity index is 0.898. The number of carbonyl (C=O) groups is 2. The molecule has 2 saturated heterocycles. The second kappa shape index (κ2) is 15.8. The number of rotatable bonds is 12. The monoisotopic (exact) mass is 671 g/mol. The number of aliphatic hydroxyl groups is 1. The van der Waals surface area contributed by atoms with Crippen molar-refractivity contribution in [3.8, 4) is 5.75 Å². The minimum absolute atomic E-state index is 0.0905. The average molecular weight is 672 g/mol. The summed E-state index contributed by atoms with van der Waals surface area (Å²) in [6.45, 7) is 12.7. The Morgan fingerprint density at radius 3 is 2.22 bits per heavy atom. The molecule has 0 radical (unpaired) electrons. The van der Waals surface area contributed by atoms with E-state index in [1.54, 1.807) is 17.0 Å². The lowest BCUT2D eigenvalue weighted by Crippen LogP contribution is -2.54. The molecule has 0 aliphatic carbocycles. The maximum Gasteiger partial charge on any atom is 0.256 e. The third kappa shape index (κ3) is 8.24. The molecule has 0 spiro atoms. The maximum atomic E-state index is 14.0. The van der Waals surface area contributed by atoms with E-state index in [0.717, 1.165) is 60.7 Å². The lowest BCUT2D eigenvalue weighted by Gasteiger charge is -2.38. The summed E-state index contributed by atoms with van der Waals surface area (Å²) in [6, 6.07) is 21.5. The summed E-state index contributed by atoms with van der Waals surface area (Å²) in [6.07, 6.45) is -0.878. The highest BCUT2D eigenvalue weighted by atomic mass is 19.1. The van der Waals surface area contributed by atoms with Gasteiger partial charge in [0.05, 0.1) is 12.1 Å². The van der Waals surface area contributed by atoms with Gasteiger partial charge in [-0.05, 0) is 61.9 Å². The molecule has 11 heteroatoms. The molecular formula is C38H46FN5O5. The number of fused-ring (bicyclic) bond motifs is 1. The summed E-state index contributed by atoms with van der Waals surface area (Å²) in [4.78, 5) is 35.9. The number of hydrogen-bond acceptors (Lipinski definition) is 8. The number of furan rings is 1. The quantitative estimate of drug-likeness (QED) is 0.236. The van der Waals surface area contributed by atoms with Crippen molar-refractivity contribution >= 4 is 28.5 Å². The summed E-state index contributed by atoms with van der Waals surface area (Å²) in [5.41, 5.74) is 2.68. The van der Waals surface area contributed by atoms with Crippen LogP contribution in [0.1, 0.15) is 41.6 Å². The molecule has 6 rings (SSSR count). The topological polar surface area (TPSA) is 92.9 Å². The highest BCUT2D eigenvalue weighted by molar-refractivity contribution is 5.94. The van der Waals surface area contributed by atoms with Crippen molar-refractivity contribution in [3.63, 3.8) is 0 Å². The first-order valence-corrected chi connectivity index (χ1v) is 17.3. The molecule has 2 aliphatic rings. The van der Waals surface area contributed by atoms with Crippen LogP contribution in [-0.4, -0.2) is 122 Å². The predicted molar refractivity (Wildman–Crippen MR) is 188 cm³/mol. The number of piperazine rings is 2. The molecule has 1 aromatic heterocycles. The van der Waals surface area contributed by atoms with E-state index in [1.165, 1.54) is 12.1 Å². The van der Waals surface area contributed by atoms with Gasteiger partial charge in [0.2, 0.25) is 5.91 Å². The molecule has 0 bridgehead atoms. The van der Waals surface area contributed by atoms with Crippen molar-refractivity contribution in [1.29, 1.82) is 0 Å². The van der Waals surface area contributed by atoms with Crippen molar-refractivity contribution in [2.45, 2.75) is 20.0 Å². The summed E-state index contributed by atoms with van der Waals surface area (Å²) >= 11 is 0. The molecule has 3 aromatic carbocycles. The number of aliphatic hydroxyl groups excluding tert-OH is 1. The standard InChI is InChI=1S/C38H46FN5O5/c1-3-42(4-2)30-12-9-29-25-35(49-34(29)26-30)37(46)28-10-13-31(14-11-28)48-24-23-40-15-19-43(20-16-40)36(45)27-41-17-21-44(22-18-41)38(47)32-7-5-6-8-33(32)39/h5-14,25-26,37,46H,3-4,15-24,27H2,1-2H3. The van der Waals surface area contributed by atoms with Gasteiger partial charge in [-0.1, -0.05) is 24.3 Å². The molecule has 49 heavy (non-hydrogen) atoms. The second-order valence-corrected chi connectivity index (χ2v) is 12.6. The first-order valence-electron chi connectivity index (χ1n) is 17.3. The number of halogens is 1. The minimum Gasteiger partial charge on any atom is -0.492 e. The van der Waals surface area contributed by atoms with Gasteiger partial charge < -0.3 is 29.0 Å². The predicted octanol–water partition coefficient (Wildman–Crippen LogP) is 4.48. The van der Waals surface area contributed by atoms with Crippen LogP contribution < -0.4 is 9.64 Å². The number of anilines is 1. The van der Waals surface area contributed by atoms with E-state index in [0.29, 0.717) is 58.2 Å². The van der Waals surface area contributed by atoms with Gasteiger partial charge in [0.25, 0.3) is 5.91 Å². The molecule has 260 valence electrons. The fraction of sp³-hybridized carbons (Fsp3) is 0.421. The van der Waals surface area contributed by atoms with Crippen LogP contribution in [0.2, 0.25) is 0 Å². The van der Waals surface area contributed by atoms with Crippen molar-refractivity contribution < 1.29 is 28.2 Å². The molecule has 0 saturated carbocycles. The van der Waals surface area contributed by atoms with Crippen LogP contribution in [0.4, 0.5) is 10.1 Å². The first-order chi connectivity index (χ1) is 23.8. The molecule has 3 heterocycles. The SMILES string of the molecule is CCN(CC)c1ccc2cc(C(O)c3ccc(OCCN4CCN(C(=O)CN5CCN(C(=O)c6ccccc6F)CC5)CC4)cc3)oc2c1. The number of hydrogen-bond donors (Lipinski definition) is 1. The Morgan fingerprint density at radius 2 is 1.53 bits per heavy atom. The number of benzene rings is 3. The Kier molecular flexibility index (Phi) is 11.1. The van der Waals surface area contributed by atoms with Crippen LogP contribution in [0.15, 0.2) is 77.2 Å². The molecule has 4 aromatic rings. The summed E-state index contributed by atoms with van der Waals surface area (Å²) in [5.74, 6) is 0.524. The molecule has 10 nitrogen and oxygen atoms in total. The van der Waals surface area contributed by atoms with E-state index in [4.69, 9.17) is 9.15 Å². The third-order valence-electron chi connectivity index (χ3n) is 9.64. The Labute approximate surface area is 287 Å². The molecule has 2 fully saturated rings. The number of carbonyl (C=O) groups excluding carboxylic acids is 2. The number of amides is 2. The summed E-state index contributed by atoms with van der Waals surface area (Å²) < 4.78 is 26.1. The van der Waals surface area contributed by atoms with Gasteiger partial charge in [0.15, 0.2) is 0 Å². The van der Waals surface area contributed by atoms with Crippen LogP contribution in [-0.2, 0) is 4.79 Å². The van der Waals surface area contributed by atoms with E-state index in [-0.39, 0.29) is 17.4 Å². The average Bonchev–Trinajstić information content (AvgIpc) is 3.56. The fourth-order valence-corrected chi connectivity index (χ4v) is 6.59. The normalized spacial score (nSPS) is 16.6. The number of nitrogens with zero attached hydrogens (tertiary/aromatic N) is 5. The van der Waals surface area contributed by atoms with Gasteiger partial charge in [0, 0.05) is 89.1 Å². The second-order valence-electron chi connectivity index (χ2n) is 12.6. The van der Waals surface area contributed by atoms with Crippen molar-refractivity contribution in [3.05, 3.63) is 95.5 Å². The van der Waals surface area contributed by atoms with Crippen LogP contribution >= 0.6 is 0 Å². The highest BCUT2D eigenvalue weighted by Gasteiger charge is 2.27. The van der Waals surface area contributed by atoms with Crippen LogP contribution in [0.5, 0.6) is 5.75 Å². The van der Waals surface area contributed by atoms with Gasteiger partial charge >= 0.3 is 0 Å². The molecule has 1 N–H and O–H groups in total. The minimum atomic E-state index is -0.878. The van der Waals surface area contributed by atoms with E-state index in [1.807, 2.05) is 47.4 Å². The van der Waals surface area contributed by atoms with E-state index in [2.05, 4.69) is 34.6 Å². The Bertz CT molecular complexity index is 1710. The Morgan fingerprint density at radius 1 is 0.857 bits per heavy atom. The molecule has 1 atom stereocenters. The van der Waals surface area contributed by atoms with Crippen molar-refractivity contribution in [2.24, 2.45) is 0 Å². The van der Waals surface area contributed by atoms with Crippen molar-refractivity contribution in [1.82, 2.24) is 19.6 Å². The molecular weight excluding hydrogens is 625 g/mol. The first kappa shape index (κ1) is 34.4. The van der Waals surface area contributed by atoms with Gasteiger partial charge in [-0.2, -0.15) is 0 Å². The third-order valence-corrected chi connectivity index (χ3v) is 9.64. The summed E-state index contributed by atoms with van der Waals surface area (Å²) in [5, 5.41) is 12.0. The van der Waals surface area contributed by atoms with Crippen LogP contribution in [0, 0.1) is 5.82 Å². The smallest absolute Gasteiger partial charge is 0.256 e. The molecule has 1 unspecified atom stereocenters. The Hall–Kier alpha value is -4.45. The lowest BCUT2D eigenvalue weighted by molar-refractivity contribution is -0.134. The summed E-state index contributed by atoms with van der Waals surface area (Å²) in [7, 11) is 0. The zero-order valence-electron chi connectivity index (χ0n) is 28.4. The van der Waals surface area contributed by atoms with E-state index < -0.39 is 11.9 Å². The van der Waals surface area contributed by atoms with E-state index in [9.17, 15) is 19.1 Å². The van der Waals surface area contributed by atoms with Gasteiger partial charge in [0.1, 0.15) is 35.6 Å². The number of ether oxygens (including phenoxy) is 1. The van der Waals surface area contributed by atoms with E-state index >= 15 is 0 Å². The van der Waals surface area contributed by atoms with Gasteiger partial charge in [-0.25, -0.2) is 4.39 Å². The largest absolute Gasteiger partial charge is 0.492 e. The lowest BCUT2D eigenvalue weighted by atomic mass is 10.1. The zero-order valence-corrected chi connectivity index (χ0v) is 28.4. The maximum absolute atomic E-state index is 14.0. The molecule has 2 amide bonds. The highest BCUT2D eigenvalue weighted by Crippen LogP contribution is 2.31. The molecule has 2 aliphatic heterocycles. The van der Waals surface area contributed by atoms with Crippen LogP contribution in [0.3, 0.4) is 0 Å². The van der Waals surface area contributed by atoms with Crippen molar-refractivity contribution in [2.75, 3.05) is 90.0 Å². The zero-order chi connectivity index (χ0) is 34.3.